The summed E-state index contributed by atoms with van der Waals surface area (Å²) in [6.07, 6.45) is 1.14. The van der Waals surface area contributed by atoms with E-state index in [2.05, 4.69) is 19.2 Å². The summed E-state index contributed by atoms with van der Waals surface area (Å²) < 4.78 is 22.6. The number of amides is 2. The predicted molar refractivity (Wildman–Crippen MR) is 115 cm³/mol. The molecule has 0 radical (unpaired) electrons. The lowest BCUT2D eigenvalue weighted by atomic mass is 9.96. The van der Waals surface area contributed by atoms with Crippen molar-refractivity contribution in [3.63, 3.8) is 0 Å². The minimum atomic E-state index is -3.74. The summed E-state index contributed by atoms with van der Waals surface area (Å²) in [5.74, 6) is -0.348. The van der Waals surface area contributed by atoms with Crippen molar-refractivity contribution in [3.8, 4) is 0 Å². The Morgan fingerprint density at radius 3 is 2.50 bits per heavy atom. The highest BCUT2D eigenvalue weighted by Gasteiger charge is 2.36. The van der Waals surface area contributed by atoms with Crippen molar-refractivity contribution < 1.29 is 18.0 Å². The predicted octanol–water partition coefficient (Wildman–Crippen LogP) is 2.52. The molecule has 7 nitrogen and oxygen atoms in total. The fourth-order valence-electron chi connectivity index (χ4n) is 3.62. The van der Waals surface area contributed by atoms with E-state index in [0.29, 0.717) is 12.5 Å². The molecular weight excluding hydrogens is 402 g/mol. The van der Waals surface area contributed by atoms with Gasteiger partial charge in [-0.1, -0.05) is 44.2 Å². The Bertz CT molecular complexity index is 1030. The molecule has 2 aromatic carbocycles. The van der Waals surface area contributed by atoms with E-state index in [-0.39, 0.29) is 29.7 Å². The lowest BCUT2D eigenvalue weighted by Crippen LogP contribution is -2.33. The third-order valence-corrected chi connectivity index (χ3v) is 6.51. The second-order valence-electron chi connectivity index (χ2n) is 7.68. The first-order valence-corrected chi connectivity index (χ1v) is 11.5. The Kier molecular flexibility index (Phi) is 6.58. The summed E-state index contributed by atoms with van der Waals surface area (Å²) in [5.41, 5.74) is 2.74. The molecule has 3 rings (SSSR count). The van der Waals surface area contributed by atoms with Gasteiger partial charge in [0.2, 0.25) is 21.8 Å². The van der Waals surface area contributed by atoms with Gasteiger partial charge in [0.25, 0.3) is 0 Å². The molecule has 2 atom stereocenters. The first-order chi connectivity index (χ1) is 14.2. The second-order valence-corrected chi connectivity index (χ2v) is 9.24. The van der Waals surface area contributed by atoms with Gasteiger partial charge in [0.05, 0.1) is 10.8 Å². The molecule has 1 heterocycles. The molecule has 8 heteroatoms. The fraction of sp³-hybridized carbons (Fsp3) is 0.364. The Morgan fingerprint density at radius 1 is 1.20 bits per heavy atom. The van der Waals surface area contributed by atoms with Gasteiger partial charge in [0.15, 0.2) is 0 Å². The van der Waals surface area contributed by atoms with Gasteiger partial charge in [-0.25, -0.2) is 13.6 Å². The second kappa shape index (κ2) is 8.97. The van der Waals surface area contributed by atoms with Gasteiger partial charge >= 0.3 is 0 Å². The number of benzene rings is 2. The molecule has 160 valence electrons. The van der Waals surface area contributed by atoms with Gasteiger partial charge in [0.1, 0.15) is 0 Å². The lowest BCUT2D eigenvalue weighted by molar-refractivity contribution is -0.126. The number of nitrogens with zero attached hydrogens (tertiary/aromatic N) is 1. The van der Waals surface area contributed by atoms with Crippen molar-refractivity contribution in [1.82, 2.24) is 5.32 Å². The molecule has 0 spiro atoms. The van der Waals surface area contributed by atoms with Gasteiger partial charge in [-0.05, 0) is 41.7 Å². The molecule has 3 N–H and O–H groups in total. The van der Waals surface area contributed by atoms with E-state index in [0.717, 1.165) is 23.2 Å². The summed E-state index contributed by atoms with van der Waals surface area (Å²) in [6, 6.07) is 13.9. The standard InChI is InChI=1S/C22H27N3O4S/c1-3-15(2)19-6-4-5-7-20(19)25-14-17(12-21(25)26)22(27)24-13-16-8-10-18(11-9-16)30(23,28)29/h4-11,15,17H,3,12-14H2,1-2H3,(H,24,27)(H2,23,28,29)/t15-,17+/m0/s1. The summed E-state index contributed by atoms with van der Waals surface area (Å²) in [5, 5.41) is 7.93. The SMILES string of the molecule is CC[C@H](C)c1ccccc1N1C[C@H](C(=O)NCc2ccc(S(N)(=O)=O)cc2)CC1=O. The molecule has 0 bridgehead atoms. The van der Waals surface area contributed by atoms with Crippen LogP contribution in [-0.4, -0.2) is 26.8 Å². The van der Waals surface area contributed by atoms with Crippen LogP contribution in [0.3, 0.4) is 0 Å². The highest BCUT2D eigenvalue weighted by Crippen LogP contribution is 2.33. The normalized spacial score (nSPS) is 17.8. The van der Waals surface area contributed by atoms with Crippen LogP contribution in [0, 0.1) is 5.92 Å². The number of para-hydroxylation sites is 1. The van der Waals surface area contributed by atoms with Crippen LogP contribution in [0.15, 0.2) is 53.4 Å². The quantitative estimate of drug-likeness (QED) is 0.705. The third kappa shape index (κ3) is 4.88. The average molecular weight is 430 g/mol. The van der Waals surface area contributed by atoms with E-state index in [1.807, 2.05) is 24.3 Å². The summed E-state index contributed by atoms with van der Waals surface area (Å²) in [4.78, 5) is 27.0. The van der Waals surface area contributed by atoms with Gasteiger partial charge in [-0.2, -0.15) is 0 Å². The van der Waals surface area contributed by atoms with Crippen molar-refractivity contribution in [2.45, 2.75) is 44.0 Å². The average Bonchev–Trinajstić information content (AvgIpc) is 3.12. The largest absolute Gasteiger partial charge is 0.352 e. The minimum absolute atomic E-state index is 0.0228. The summed E-state index contributed by atoms with van der Waals surface area (Å²) in [6.45, 7) is 4.84. The van der Waals surface area contributed by atoms with Crippen LogP contribution in [0.2, 0.25) is 0 Å². The lowest BCUT2D eigenvalue weighted by Gasteiger charge is -2.23. The molecule has 0 aromatic heterocycles. The van der Waals surface area contributed by atoms with Crippen molar-refractivity contribution >= 4 is 27.5 Å². The van der Waals surface area contributed by atoms with E-state index in [1.165, 1.54) is 12.1 Å². The zero-order chi connectivity index (χ0) is 21.9. The zero-order valence-corrected chi connectivity index (χ0v) is 18.0. The van der Waals surface area contributed by atoms with Crippen LogP contribution >= 0.6 is 0 Å². The number of primary sulfonamides is 1. The Hall–Kier alpha value is -2.71. The van der Waals surface area contributed by atoms with Gasteiger partial charge in [0, 0.05) is 25.2 Å². The van der Waals surface area contributed by atoms with Crippen LogP contribution in [0.25, 0.3) is 0 Å². The smallest absolute Gasteiger partial charge is 0.238 e. The minimum Gasteiger partial charge on any atom is -0.352 e. The Morgan fingerprint density at radius 2 is 1.87 bits per heavy atom. The van der Waals surface area contributed by atoms with Gasteiger partial charge < -0.3 is 10.2 Å². The maximum atomic E-state index is 12.6. The van der Waals surface area contributed by atoms with Crippen LogP contribution in [0.1, 0.15) is 43.7 Å². The first kappa shape index (κ1) is 22.0. The topological polar surface area (TPSA) is 110 Å². The maximum absolute atomic E-state index is 12.6. The molecule has 30 heavy (non-hydrogen) atoms. The Balaban J connectivity index is 1.65. The van der Waals surface area contributed by atoms with Crippen molar-refractivity contribution in [2.75, 3.05) is 11.4 Å². The van der Waals surface area contributed by atoms with Crippen LogP contribution < -0.4 is 15.4 Å². The number of nitrogens with two attached hydrogens (primary N) is 1. The number of rotatable bonds is 7. The molecule has 1 aliphatic rings. The van der Waals surface area contributed by atoms with Crippen LogP contribution in [-0.2, 0) is 26.2 Å². The molecule has 1 saturated heterocycles. The number of anilines is 1. The summed E-state index contributed by atoms with van der Waals surface area (Å²) in [7, 11) is -3.74. The van der Waals surface area contributed by atoms with E-state index >= 15 is 0 Å². The van der Waals surface area contributed by atoms with Crippen LogP contribution in [0.5, 0.6) is 0 Å². The van der Waals surface area contributed by atoms with Gasteiger partial charge in [-0.15, -0.1) is 0 Å². The molecule has 0 saturated carbocycles. The summed E-state index contributed by atoms with van der Waals surface area (Å²) >= 11 is 0. The van der Waals surface area contributed by atoms with E-state index in [1.54, 1.807) is 17.0 Å². The van der Waals surface area contributed by atoms with Crippen molar-refractivity contribution in [1.29, 1.82) is 0 Å². The first-order valence-electron chi connectivity index (χ1n) is 9.99. The molecule has 2 amide bonds. The molecule has 2 aromatic rings. The molecule has 1 fully saturated rings. The zero-order valence-electron chi connectivity index (χ0n) is 17.2. The molecule has 0 aliphatic carbocycles. The van der Waals surface area contributed by atoms with Crippen LogP contribution in [0.4, 0.5) is 5.69 Å². The highest BCUT2D eigenvalue weighted by atomic mass is 32.2. The van der Waals surface area contributed by atoms with E-state index in [9.17, 15) is 18.0 Å². The van der Waals surface area contributed by atoms with E-state index < -0.39 is 15.9 Å². The number of nitrogens with one attached hydrogen (secondary N) is 1. The molecule has 0 unspecified atom stereocenters. The number of sulfonamides is 1. The van der Waals surface area contributed by atoms with Crippen molar-refractivity contribution in [3.05, 3.63) is 59.7 Å². The monoisotopic (exact) mass is 429 g/mol. The fourth-order valence-corrected chi connectivity index (χ4v) is 4.13. The number of carbonyl (C=O) groups is 2. The number of hydrogen-bond acceptors (Lipinski definition) is 4. The third-order valence-electron chi connectivity index (χ3n) is 5.59. The maximum Gasteiger partial charge on any atom is 0.238 e. The van der Waals surface area contributed by atoms with Crippen molar-refractivity contribution in [2.24, 2.45) is 11.1 Å². The highest BCUT2D eigenvalue weighted by molar-refractivity contribution is 7.89. The molecular formula is C22H27N3O4S. The molecule has 1 aliphatic heterocycles. The van der Waals surface area contributed by atoms with E-state index in [4.69, 9.17) is 5.14 Å². The Labute approximate surface area is 177 Å². The number of hydrogen-bond donors (Lipinski definition) is 2. The van der Waals surface area contributed by atoms with Gasteiger partial charge in [-0.3, -0.25) is 9.59 Å². The number of carbonyl (C=O) groups excluding carboxylic acids is 2.